The Labute approximate surface area is 98.5 Å². The highest BCUT2D eigenvalue weighted by atomic mass is 16.3. The van der Waals surface area contributed by atoms with Crippen molar-refractivity contribution >= 4 is 12.1 Å². The van der Waals surface area contributed by atoms with E-state index < -0.39 is 0 Å². The van der Waals surface area contributed by atoms with Gasteiger partial charge in [-0.3, -0.25) is 4.79 Å². The molecule has 0 saturated carbocycles. The van der Waals surface area contributed by atoms with Crippen LogP contribution >= 0.6 is 0 Å². The molecule has 0 aliphatic carbocycles. The SMILES string of the molecule is Cc1cc(/C=N/NC(=O)c2ccco2)c(C)[nH]1. The second-order valence-corrected chi connectivity index (χ2v) is 3.71. The Bertz CT molecular complexity index is 538. The Balaban J connectivity index is 1.99. The Kier molecular flexibility index (Phi) is 3.09. The number of nitrogens with one attached hydrogen (secondary N) is 2. The van der Waals surface area contributed by atoms with Gasteiger partial charge in [-0.2, -0.15) is 5.10 Å². The molecule has 17 heavy (non-hydrogen) atoms. The lowest BCUT2D eigenvalue weighted by atomic mass is 10.3. The third kappa shape index (κ3) is 2.63. The molecular formula is C12H13N3O2. The van der Waals surface area contributed by atoms with Crippen molar-refractivity contribution in [3.63, 3.8) is 0 Å². The summed E-state index contributed by atoms with van der Waals surface area (Å²) in [7, 11) is 0. The number of amides is 1. The van der Waals surface area contributed by atoms with Gasteiger partial charge in [-0.1, -0.05) is 0 Å². The monoisotopic (exact) mass is 231 g/mol. The maximum absolute atomic E-state index is 11.5. The van der Waals surface area contributed by atoms with Gasteiger partial charge in [0, 0.05) is 17.0 Å². The number of aromatic nitrogens is 1. The number of hydrogen-bond acceptors (Lipinski definition) is 3. The van der Waals surface area contributed by atoms with Gasteiger partial charge >= 0.3 is 5.91 Å². The minimum absolute atomic E-state index is 0.240. The van der Waals surface area contributed by atoms with E-state index in [1.165, 1.54) is 6.26 Å². The number of carbonyl (C=O) groups is 1. The summed E-state index contributed by atoms with van der Waals surface area (Å²) in [4.78, 5) is 14.6. The first-order valence-corrected chi connectivity index (χ1v) is 5.20. The third-order valence-electron chi connectivity index (χ3n) is 2.30. The molecule has 0 radical (unpaired) electrons. The lowest BCUT2D eigenvalue weighted by Crippen LogP contribution is -2.16. The number of furan rings is 1. The van der Waals surface area contributed by atoms with Gasteiger partial charge in [0.05, 0.1) is 12.5 Å². The van der Waals surface area contributed by atoms with Gasteiger partial charge in [0.2, 0.25) is 0 Å². The van der Waals surface area contributed by atoms with Crippen molar-refractivity contribution in [3.05, 3.63) is 47.2 Å². The van der Waals surface area contributed by atoms with E-state index in [0.717, 1.165) is 17.0 Å². The first-order chi connectivity index (χ1) is 8.16. The highest BCUT2D eigenvalue weighted by molar-refractivity contribution is 5.92. The van der Waals surface area contributed by atoms with Crippen molar-refractivity contribution < 1.29 is 9.21 Å². The zero-order valence-electron chi connectivity index (χ0n) is 9.65. The van der Waals surface area contributed by atoms with Gasteiger partial charge < -0.3 is 9.40 Å². The molecule has 0 bridgehead atoms. The Morgan fingerprint density at radius 1 is 1.53 bits per heavy atom. The molecule has 0 aliphatic rings. The summed E-state index contributed by atoms with van der Waals surface area (Å²) in [5, 5.41) is 3.87. The second-order valence-electron chi connectivity index (χ2n) is 3.71. The van der Waals surface area contributed by atoms with Crippen molar-refractivity contribution in [3.8, 4) is 0 Å². The van der Waals surface area contributed by atoms with Gasteiger partial charge in [-0.25, -0.2) is 5.43 Å². The summed E-state index contributed by atoms with van der Waals surface area (Å²) in [5.41, 5.74) is 5.41. The van der Waals surface area contributed by atoms with E-state index in [2.05, 4.69) is 15.5 Å². The van der Waals surface area contributed by atoms with Crippen LogP contribution in [0.4, 0.5) is 0 Å². The number of carbonyl (C=O) groups excluding carboxylic acids is 1. The van der Waals surface area contributed by atoms with E-state index in [-0.39, 0.29) is 11.7 Å². The summed E-state index contributed by atoms with van der Waals surface area (Å²) in [6.07, 6.45) is 3.04. The van der Waals surface area contributed by atoms with Gasteiger partial charge in [0.15, 0.2) is 5.76 Å². The Morgan fingerprint density at radius 3 is 2.94 bits per heavy atom. The van der Waals surface area contributed by atoms with Crippen molar-refractivity contribution in [2.45, 2.75) is 13.8 Å². The number of aromatic amines is 1. The van der Waals surface area contributed by atoms with Gasteiger partial charge in [0.25, 0.3) is 0 Å². The molecule has 2 N–H and O–H groups in total. The van der Waals surface area contributed by atoms with E-state index >= 15 is 0 Å². The summed E-state index contributed by atoms with van der Waals surface area (Å²) in [5.74, 6) is -0.125. The first-order valence-electron chi connectivity index (χ1n) is 5.20. The number of aryl methyl sites for hydroxylation is 2. The molecule has 5 nitrogen and oxygen atoms in total. The molecule has 2 heterocycles. The molecule has 2 aromatic rings. The average molecular weight is 231 g/mol. The summed E-state index contributed by atoms with van der Waals surface area (Å²) >= 11 is 0. The lowest BCUT2D eigenvalue weighted by molar-refractivity contribution is 0.0927. The smallest absolute Gasteiger partial charge is 0.307 e. The normalized spacial score (nSPS) is 10.9. The third-order valence-corrected chi connectivity index (χ3v) is 2.30. The second kappa shape index (κ2) is 4.69. The average Bonchev–Trinajstić information content (AvgIpc) is 2.89. The fourth-order valence-corrected chi connectivity index (χ4v) is 1.50. The van der Waals surface area contributed by atoms with Crippen LogP contribution in [-0.4, -0.2) is 17.1 Å². The summed E-state index contributed by atoms with van der Waals surface area (Å²) in [6.45, 7) is 3.91. The fraction of sp³-hybridized carbons (Fsp3) is 0.167. The molecular weight excluding hydrogens is 218 g/mol. The van der Waals surface area contributed by atoms with Crippen LogP contribution in [0.25, 0.3) is 0 Å². The molecule has 2 rings (SSSR count). The number of H-pyrrole nitrogens is 1. The lowest BCUT2D eigenvalue weighted by Gasteiger charge is -1.94. The first kappa shape index (κ1) is 11.2. The quantitative estimate of drug-likeness (QED) is 0.626. The van der Waals surface area contributed by atoms with Crippen LogP contribution in [0.3, 0.4) is 0 Å². The highest BCUT2D eigenvalue weighted by Crippen LogP contribution is 2.06. The summed E-state index contributed by atoms with van der Waals surface area (Å²) in [6, 6.07) is 5.19. The van der Waals surface area contributed by atoms with E-state index in [1.807, 2.05) is 19.9 Å². The van der Waals surface area contributed by atoms with Gasteiger partial charge in [-0.05, 0) is 32.0 Å². The molecule has 2 aromatic heterocycles. The summed E-state index contributed by atoms with van der Waals surface area (Å²) < 4.78 is 4.93. The fourth-order valence-electron chi connectivity index (χ4n) is 1.50. The topological polar surface area (TPSA) is 70.4 Å². The Hall–Kier alpha value is -2.30. The largest absolute Gasteiger partial charge is 0.459 e. The maximum Gasteiger partial charge on any atom is 0.307 e. The van der Waals surface area contributed by atoms with Crippen LogP contribution in [-0.2, 0) is 0 Å². The van der Waals surface area contributed by atoms with E-state index in [1.54, 1.807) is 18.3 Å². The molecule has 0 unspecified atom stereocenters. The Morgan fingerprint density at radius 2 is 2.35 bits per heavy atom. The van der Waals surface area contributed by atoms with Crippen molar-refractivity contribution in [1.82, 2.24) is 10.4 Å². The van der Waals surface area contributed by atoms with Gasteiger partial charge in [-0.15, -0.1) is 0 Å². The standard InChI is InChI=1S/C12H13N3O2/c1-8-6-10(9(2)14-8)7-13-15-12(16)11-4-3-5-17-11/h3-7,14H,1-2H3,(H,15,16)/b13-7+. The minimum Gasteiger partial charge on any atom is -0.459 e. The van der Waals surface area contributed by atoms with Crippen LogP contribution in [0.15, 0.2) is 34.0 Å². The van der Waals surface area contributed by atoms with Crippen molar-refractivity contribution in [1.29, 1.82) is 0 Å². The number of hydrazone groups is 1. The minimum atomic E-state index is -0.365. The number of hydrogen-bond donors (Lipinski definition) is 2. The molecule has 88 valence electrons. The maximum atomic E-state index is 11.5. The number of rotatable bonds is 3. The number of nitrogens with zero attached hydrogens (tertiary/aromatic N) is 1. The zero-order valence-corrected chi connectivity index (χ0v) is 9.65. The van der Waals surface area contributed by atoms with Crippen molar-refractivity contribution in [2.24, 2.45) is 5.10 Å². The molecule has 1 amide bonds. The molecule has 0 saturated heterocycles. The van der Waals surface area contributed by atoms with E-state index in [0.29, 0.717) is 0 Å². The highest BCUT2D eigenvalue weighted by Gasteiger charge is 2.06. The molecule has 0 aromatic carbocycles. The predicted octanol–water partition coefficient (Wildman–Crippen LogP) is 1.99. The van der Waals surface area contributed by atoms with Crippen LogP contribution < -0.4 is 5.43 Å². The van der Waals surface area contributed by atoms with Crippen LogP contribution in [0, 0.1) is 13.8 Å². The molecule has 0 aliphatic heterocycles. The van der Waals surface area contributed by atoms with E-state index in [9.17, 15) is 4.79 Å². The molecule has 0 spiro atoms. The van der Waals surface area contributed by atoms with Gasteiger partial charge in [0.1, 0.15) is 0 Å². The van der Waals surface area contributed by atoms with Crippen molar-refractivity contribution in [2.75, 3.05) is 0 Å². The zero-order chi connectivity index (χ0) is 12.3. The molecule has 0 atom stereocenters. The predicted molar refractivity (Wildman–Crippen MR) is 64.0 cm³/mol. The molecule has 0 fully saturated rings. The van der Waals surface area contributed by atoms with E-state index in [4.69, 9.17) is 4.42 Å². The van der Waals surface area contributed by atoms with Crippen LogP contribution in [0.5, 0.6) is 0 Å². The molecule has 5 heteroatoms. The van der Waals surface area contributed by atoms with Crippen LogP contribution in [0.1, 0.15) is 27.5 Å². The van der Waals surface area contributed by atoms with Crippen LogP contribution in [0.2, 0.25) is 0 Å².